The molecule has 0 aliphatic carbocycles. The van der Waals surface area contributed by atoms with Crippen molar-refractivity contribution < 1.29 is 5.11 Å². The minimum atomic E-state index is -0.354. The fourth-order valence-electron chi connectivity index (χ4n) is 1.65. The molecule has 0 radical (unpaired) electrons. The first-order valence-corrected chi connectivity index (χ1v) is 7.52. The van der Waals surface area contributed by atoms with Crippen molar-refractivity contribution in [1.82, 2.24) is 0 Å². The largest absolute Gasteiger partial charge is 0.388 e. The highest BCUT2D eigenvalue weighted by atomic mass is 79.9. The van der Waals surface area contributed by atoms with Crippen LogP contribution in [0.4, 0.5) is 0 Å². The number of aliphatic hydroxyl groups excluding tert-OH is 1. The predicted octanol–water partition coefficient (Wildman–Crippen LogP) is 5.04. The van der Waals surface area contributed by atoms with Crippen LogP contribution >= 0.6 is 27.7 Å². The Balaban J connectivity index is 2.14. The first kappa shape index (κ1) is 13.7. The predicted molar refractivity (Wildman–Crippen MR) is 80.0 cm³/mol. The third-order valence-electron chi connectivity index (χ3n) is 2.72. The molecule has 3 heteroatoms. The molecule has 1 unspecified atom stereocenters. The highest BCUT2D eigenvalue weighted by Gasteiger charge is 2.05. The van der Waals surface area contributed by atoms with E-state index in [1.54, 1.807) is 11.8 Å². The van der Waals surface area contributed by atoms with Gasteiger partial charge in [-0.25, -0.2) is 0 Å². The lowest BCUT2D eigenvalue weighted by atomic mass is 10.1. The second-order valence-corrected chi connectivity index (χ2v) is 6.00. The van der Waals surface area contributed by atoms with Crippen molar-refractivity contribution in [2.45, 2.75) is 29.2 Å². The number of hydrogen-bond acceptors (Lipinski definition) is 2. The Labute approximate surface area is 120 Å². The second-order valence-electron chi connectivity index (χ2n) is 4.03. The molecule has 0 bridgehead atoms. The highest BCUT2D eigenvalue weighted by molar-refractivity contribution is 9.10. The van der Waals surface area contributed by atoms with E-state index in [4.69, 9.17) is 0 Å². The number of rotatable bonds is 4. The van der Waals surface area contributed by atoms with Crippen molar-refractivity contribution in [1.29, 1.82) is 0 Å². The number of benzene rings is 2. The fraction of sp³-hybridized carbons (Fsp3) is 0.200. The molecular formula is C15H15BrOS. The molecule has 2 aromatic carbocycles. The summed E-state index contributed by atoms with van der Waals surface area (Å²) in [6, 6.07) is 16.3. The van der Waals surface area contributed by atoms with Gasteiger partial charge in [-0.15, -0.1) is 0 Å². The van der Waals surface area contributed by atoms with Gasteiger partial charge in [-0.3, -0.25) is 0 Å². The average molecular weight is 323 g/mol. The lowest BCUT2D eigenvalue weighted by Crippen LogP contribution is -1.93. The maximum absolute atomic E-state index is 9.74. The van der Waals surface area contributed by atoms with E-state index in [9.17, 15) is 5.11 Å². The summed E-state index contributed by atoms with van der Waals surface area (Å²) in [5, 5.41) is 9.74. The van der Waals surface area contributed by atoms with Crippen LogP contribution in [-0.2, 0) is 0 Å². The Morgan fingerprint density at radius 2 is 1.78 bits per heavy atom. The molecule has 0 saturated heterocycles. The molecule has 2 rings (SSSR count). The Bertz CT molecular complexity index is 510. The topological polar surface area (TPSA) is 20.2 Å². The van der Waals surface area contributed by atoms with Gasteiger partial charge >= 0.3 is 0 Å². The Kier molecular flexibility index (Phi) is 4.87. The van der Waals surface area contributed by atoms with Gasteiger partial charge in [0, 0.05) is 14.3 Å². The third-order valence-corrected chi connectivity index (χ3v) is 4.75. The van der Waals surface area contributed by atoms with Crippen LogP contribution in [0.3, 0.4) is 0 Å². The molecule has 0 aliphatic rings. The lowest BCUT2D eigenvalue weighted by Gasteiger charge is -2.09. The summed E-state index contributed by atoms with van der Waals surface area (Å²) in [6.45, 7) is 1.98. The maximum atomic E-state index is 9.74. The van der Waals surface area contributed by atoms with Crippen molar-refractivity contribution in [2.75, 3.05) is 0 Å². The summed E-state index contributed by atoms with van der Waals surface area (Å²) in [5.74, 6) is 0. The third kappa shape index (κ3) is 3.37. The van der Waals surface area contributed by atoms with Crippen LogP contribution in [0.25, 0.3) is 0 Å². The average Bonchev–Trinajstić information content (AvgIpc) is 2.41. The van der Waals surface area contributed by atoms with Crippen LogP contribution in [0.1, 0.15) is 25.0 Å². The molecule has 0 saturated carbocycles. The zero-order valence-corrected chi connectivity index (χ0v) is 12.5. The Hall–Kier alpha value is -0.770. The summed E-state index contributed by atoms with van der Waals surface area (Å²) in [4.78, 5) is 2.37. The van der Waals surface area contributed by atoms with E-state index in [-0.39, 0.29) is 6.10 Å². The van der Waals surface area contributed by atoms with Gasteiger partial charge in [-0.2, -0.15) is 0 Å². The summed E-state index contributed by atoms with van der Waals surface area (Å²) >= 11 is 5.26. The van der Waals surface area contributed by atoms with Crippen molar-refractivity contribution in [3.8, 4) is 0 Å². The summed E-state index contributed by atoms with van der Waals surface area (Å²) in [7, 11) is 0. The summed E-state index contributed by atoms with van der Waals surface area (Å²) < 4.78 is 1.10. The first-order chi connectivity index (χ1) is 8.70. The van der Waals surface area contributed by atoms with Gasteiger partial charge in [0.05, 0.1) is 6.10 Å². The number of hydrogen-bond donors (Lipinski definition) is 1. The van der Waals surface area contributed by atoms with Crippen LogP contribution in [0.5, 0.6) is 0 Å². The Morgan fingerprint density at radius 3 is 2.39 bits per heavy atom. The lowest BCUT2D eigenvalue weighted by molar-refractivity contribution is 0.173. The Morgan fingerprint density at radius 1 is 1.11 bits per heavy atom. The molecule has 0 aliphatic heterocycles. The molecule has 0 amide bonds. The maximum Gasteiger partial charge on any atom is 0.0787 e. The molecule has 2 aromatic rings. The van der Waals surface area contributed by atoms with Gasteiger partial charge < -0.3 is 5.11 Å². The van der Waals surface area contributed by atoms with Gasteiger partial charge in [0.25, 0.3) is 0 Å². The van der Waals surface area contributed by atoms with Crippen LogP contribution in [0.15, 0.2) is 62.8 Å². The van der Waals surface area contributed by atoms with Gasteiger partial charge in [-0.1, -0.05) is 43.0 Å². The summed E-state index contributed by atoms with van der Waals surface area (Å²) in [5.41, 5.74) is 0.981. The van der Waals surface area contributed by atoms with Crippen LogP contribution in [0.2, 0.25) is 0 Å². The zero-order valence-electron chi connectivity index (χ0n) is 10.1. The molecule has 0 aromatic heterocycles. The van der Waals surface area contributed by atoms with E-state index in [1.807, 2.05) is 37.3 Å². The van der Waals surface area contributed by atoms with Crippen molar-refractivity contribution in [3.63, 3.8) is 0 Å². The minimum Gasteiger partial charge on any atom is -0.388 e. The standard InChI is InChI=1S/C15H15BrOS/c1-2-14(17)11-7-9-12(10-8-11)18-15-6-4-3-5-13(15)16/h3-10,14,17H,2H2,1H3. The van der Waals surface area contributed by atoms with Crippen LogP contribution in [-0.4, -0.2) is 5.11 Å². The second kappa shape index (κ2) is 6.41. The van der Waals surface area contributed by atoms with E-state index in [2.05, 4.69) is 34.1 Å². The van der Waals surface area contributed by atoms with E-state index in [1.165, 1.54) is 9.79 Å². The van der Waals surface area contributed by atoms with Crippen molar-refractivity contribution >= 4 is 27.7 Å². The highest BCUT2D eigenvalue weighted by Crippen LogP contribution is 2.33. The van der Waals surface area contributed by atoms with Gasteiger partial charge in [0.1, 0.15) is 0 Å². The smallest absolute Gasteiger partial charge is 0.0787 e. The fourth-order valence-corrected chi connectivity index (χ4v) is 3.01. The summed E-state index contributed by atoms with van der Waals surface area (Å²) in [6.07, 6.45) is 0.393. The van der Waals surface area contributed by atoms with E-state index >= 15 is 0 Å². The monoisotopic (exact) mass is 322 g/mol. The molecule has 0 heterocycles. The van der Waals surface area contributed by atoms with Gasteiger partial charge in [0.2, 0.25) is 0 Å². The molecular weight excluding hydrogens is 308 g/mol. The van der Waals surface area contributed by atoms with E-state index in [0.717, 1.165) is 16.5 Å². The molecule has 1 atom stereocenters. The normalized spacial score (nSPS) is 12.4. The zero-order chi connectivity index (χ0) is 13.0. The number of halogens is 1. The first-order valence-electron chi connectivity index (χ1n) is 5.91. The number of aliphatic hydroxyl groups is 1. The van der Waals surface area contributed by atoms with Gasteiger partial charge in [0.15, 0.2) is 0 Å². The molecule has 1 nitrogen and oxygen atoms in total. The quantitative estimate of drug-likeness (QED) is 0.850. The molecule has 0 fully saturated rings. The van der Waals surface area contributed by atoms with E-state index < -0.39 is 0 Å². The minimum absolute atomic E-state index is 0.354. The molecule has 94 valence electrons. The van der Waals surface area contributed by atoms with Crippen LogP contribution < -0.4 is 0 Å². The molecule has 18 heavy (non-hydrogen) atoms. The van der Waals surface area contributed by atoms with Crippen molar-refractivity contribution in [2.24, 2.45) is 0 Å². The molecule has 0 spiro atoms. The van der Waals surface area contributed by atoms with Crippen molar-refractivity contribution in [3.05, 3.63) is 58.6 Å². The molecule has 1 N–H and O–H groups in total. The van der Waals surface area contributed by atoms with E-state index in [0.29, 0.717) is 0 Å². The van der Waals surface area contributed by atoms with Crippen LogP contribution in [0, 0.1) is 0 Å². The van der Waals surface area contributed by atoms with Gasteiger partial charge in [-0.05, 0) is 52.2 Å². The SMILES string of the molecule is CCC(O)c1ccc(Sc2ccccc2Br)cc1.